The fraction of sp³-hybridized carbons (Fsp3) is 0.462. The Morgan fingerprint density at radius 2 is 2.19 bits per heavy atom. The van der Waals surface area contributed by atoms with Crippen molar-refractivity contribution in [2.45, 2.75) is 33.1 Å². The SMILES string of the molecule is CCCNC(=O)CCc1ccc(O)cc1C. The Balaban J connectivity index is 2.45. The summed E-state index contributed by atoms with van der Waals surface area (Å²) in [5.41, 5.74) is 2.15. The molecule has 0 aromatic heterocycles. The number of benzene rings is 1. The van der Waals surface area contributed by atoms with E-state index in [0.29, 0.717) is 6.42 Å². The van der Waals surface area contributed by atoms with Gasteiger partial charge in [-0.15, -0.1) is 0 Å². The van der Waals surface area contributed by atoms with E-state index >= 15 is 0 Å². The molecule has 1 aromatic carbocycles. The van der Waals surface area contributed by atoms with Crippen LogP contribution in [0.5, 0.6) is 5.75 Å². The highest BCUT2D eigenvalue weighted by Gasteiger charge is 2.04. The molecule has 0 atom stereocenters. The van der Waals surface area contributed by atoms with Crippen molar-refractivity contribution in [3.8, 4) is 5.75 Å². The van der Waals surface area contributed by atoms with Gasteiger partial charge in [-0.1, -0.05) is 13.0 Å². The lowest BCUT2D eigenvalue weighted by Gasteiger charge is -2.06. The van der Waals surface area contributed by atoms with E-state index < -0.39 is 0 Å². The van der Waals surface area contributed by atoms with Gasteiger partial charge in [-0.3, -0.25) is 4.79 Å². The topological polar surface area (TPSA) is 49.3 Å². The van der Waals surface area contributed by atoms with Gasteiger partial charge in [-0.05, 0) is 43.0 Å². The van der Waals surface area contributed by atoms with Crippen molar-refractivity contribution in [3.05, 3.63) is 29.3 Å². The molecule has 0 heterocycles. The highest BCUT2D eigenvalue weighted by molar-refractivity contribution is 5.76. The first kappa shape index (κ1) is 12.6. The fourth-order valence-corrected chi connectivity index (χ4v) is 1.56. The predicted molar refractivity (Wildman–Crippen MR) is 64.5 cm³/mol. The quantitative estimate of drug-likeness (QED) is 0.800. The van der Waals surface area contributed by atoms with Gasteiger partial charge in [0.2, 0.25) is 5.91 Å². The number of carbonyl (C=O) groups is 1. The van der Waals surface area contributed by atoms with Crippen LogP contribution >= 0.6 is 0 Å². The molecular weight excluding hydrogens is 202 g/mol. The largest absolute Gasteiger partial charge is 0.508 e. The van der Waals surface area contributed by atoms with Crippen molar-refractivity contribution >= 4 is 5.91 Å². The van der Waals surface area contributed by atoms with E-state index in [1.54, 1.807) is 12.1 Å². The van der Waals surface area contributed by atoms with Crippen molar-refractivity contribution in [2.24, 2.45) is 0 Å². The van der Waals surface area contributed by atoms with Crippen molar-refractivity contribution in [1.29, 1.82) is 0 Å². The highest BCUT2D eigenvalue weighted by Crippen LogP contribution is 2.16. The molecule has 3 heteroatoms. The third-order valence-corrected chi connectivity index (χ3v) is 2.52. The first-order valence-corrected chi connectivity index (χ1v) is 5.68. The first-order chi connectivity index (χ1) is 7.63. The van der Waals surface area contributed by atoms with E-state index in [4.69, 9.17) is 0 Å². The average molecular weight is 221 g/mol. The maximum atomic E-state index is 11.4. The number of nitrogens with one attached hydrogen (secondary N) is 1. The smallest absolute Gasteiger partial charge is 0.220 e. The van der Waals surface area contributed by atoms with Gasteiger partial charge < -0.3 is 10.4 Å². The zero-order valence-electron chi connectivity index (χ0n) is 9.92. The van der Waals surface area contributed by atoms with E-state index in [1.807, 2.05) is 19.9 Å². The summed E-state index contributed by atoms with van der Waals surface area (Å²) in [5, 5.41) is 12.1. The Labute approximate surface area is 96.5 Å². The van der Waals surface area contributed by atoms with Crippen molar-refractivity contribution in [3.63, 3.8) is 0 Å². The van der Waals surface area contributed by atoms with Gasteiger partial charge in [0.25, 0.3) is 0 Å². The van der Waals surface area contributed by atoms with Crippen LogP contribution in [0.15, 0.2) is 18.2 Å². The van der Waals surface area contributed by atoms with Crippen LogP contribution in [0.3, 0.4) is 0 Å². The number of rotatable bonds is 5. The van der Waals surface area contributed by atoms with Crippen LogP contribution in [0, 0.1) is 6.92 Å². The zero-order chi connectivity index (χ0) is 12.0. The lowest BCUT2D eigenvalue weighted by molar-refractivity contribution is -0.121. The van der Waals surface area contributed by atoms with E-state index in [1.165, 1.54) is 0 Å². The summed E-state index contributed by atoms with van der Waals surface area (Å²) in [4.78, 5) is 11.4. The Hall–Kier alpha value is -1.51. The summed E-state index contributed by atoms with van der Waals surface area (Å²) < 4.78 is 0. The molecule has 0 spiro atoms. The molecule has 1 amide bonds. The summed E-state index contributed by atoms with van der Waals surface area (Å²) in [6.07, 6.45) is 2.19. The molecule has 0 saturated carbocycles. The number of aryl methyl sites for hydroxylation is 2. The van der Waals surface area contributed by atoms with Gasteiger partial charge in [-0.25, -0.2) is 0 Å². The molecular formula is C13H19NO2. The minimum atomic E-state index is 0.0920. The number of amides is 1. The molecule has 1 aromatic rings. The standard InChI is InChI=1S/C13H19NO2/c1-3-8-14-13(16)7-5-11-4-6-12(15)9-10(11)2/h4,6,9,15H,3,5,7-8H2,1-2H3,(H,14,16). The second-order valence-corrected chi connectivity index (χ2v) is 3.96. The second-order valence-electron chi connectivity index (χ2n) is 3.96. The summed E-state index contributed by atoms with van der Waals surface area (Å²) in [7, 11) is 0. The van der Waals surface area contributed by atoms with Crippen LogP contribution in [0.4, 0.5) is 0 Å². The minimum absolute atomic E-state index is 0.0920. The van der Waals surface area contributed by atoms with Gasteiger partial charge in [-0.2, -0.15) is 0 Å². The molecule has 0 aliphatic heterocycles. The van der Waals surface area contributed by atoms with Crippen molar-refractivity contribution in [1.82, 2.24) is 5.32 Å². The highest BCUT2D eigenvalue weighted by atomic mass is 16.3. The molecule has 0 saturated heterocycles. The first-order valence-electron chi connectivity index (χ1n) is 5.68. The molecule has 16 heavy (non-hydrogen) atoms. The second kappa shape index (κ2) is 6.16. The Kier molecular flexibility index (Phi) is 4.83. The number of aromatic hydroxyl groups is 1. The van der Waals surface area contributed by atoms with Gasteiger partial charge in [0, 0.05) is 13.0 Å². The maximum absolute atomic E-state index is 11.4. The lowest BCUT2D eigenvalue weighted by Crippen LogP contribution is -2.24. The van der Waals surface area contributed by atoms with Crippen LogP contribution in [0.25, 0.3) is 0 Å². The Morgan fingerprint density at radius 1 is 1.44 bits per heavy atom. The number of hydrogen-bond acceptors (Lipinski definition) is 2. The molecule has 0 bridgehead atoms. The Bertz CT molecular complexity index is 361. The van der Waals surface area contributed by atoms with Gasteiger partial charge in [0.1, 0.15) is 5.75 Å². The maximum Gasteiger partial charge on any atom is 0.220 e. The molecule has 0 radical (unpaired) electrons. The van der Waals surface area contributed by atoms with Crippen LogP contribution in [-0.4, -0.2) is 17.6 Å². The molecule has 0 fully saturated rings. The summed E-state index contributed by atoms with van der Waals surface area (Å²) in [6, 6.07) is 5.25. The van der Waals surface area contributed by atoms with Crippen molar-refractivity contribution < 1.29 is 9.90 Å². The fourth-order valence-electron chi connectivity index (χ4n) is 1.56. The van der Waals surface area contributed by atoms with Gasteiger partial charge >= 0.3 is 0 Å². The van der Waals surface area contributed by atoms with E-state index in [2.05, 4.69) is 5.32 Å². The number of phenolic OH excluding ortho intramolecular Hbond substituents is 1. The van der Waals surface area contributed by atoms with Crippen LogP contribution < -0.4 is 5.32 Å². The average Bonchev–Trinajstić information content (AvgIpc) is 2.25. The summed E-state index contributed by atoms with van der Waals surface area (Å²) >= 11 is 0. The predicted octanol–water partition coefficient (Wildman–Crippen LogP) is 2.16. The normalized spacial score (nSPS) is 10.1. The van der Waals surface area contributed by atoms with Gasteiger partial charge in [0.15, 0.2) is 0 Å². The van der Waals surface area contributed by atoms with Crippen LogP contribution in [0.1, 0.15) is 30.9 Å². The third kappa shape index (κ3) is 3.93. The van der Waals surface area contributed by atoms with Crippen molar-refractivity contribution in [2.75, 3.05) is 6.54 Å². The minimum Gasteiger partial charge on any atom is -0.508 e. The van der Waals surface area contributed by atoms with E-state index in [9.17, 15) is 9.90 Å². The molecule has 3 nitrogen and oxygen atoms in total. The molecule has 2 N–H and O–H groups in total. The van der Waals surface area contributed by atoms with E-state index in [0.717, 1.165) is 30.5 Å². The van der Waals surface area contributed by atoms with Gasteiger partial charge in [0.05, 0.1) is 0 Å². The molecule has 88 valence electrons. The number of phenols is 1. The summed E-state index contributed by atoms with van der Waals surface area (Å²) in [5.74, 6) is 0.367. The molecule has 1 rings (SSSR count). The zero-order valence-corrected chi connectivity index (χ0v) is 9.92. The number of hydrogen-bond donors (Lipinski definition) is 2. The molecule has 0 aliphatic carbocycles. The van der Waals surface area contributed by atoms with Crippen LogP contribution in [0.2, 0.25) is 0 Å². The van der Waals surface area contributed by atoms with E-state index in [-0.39, 0.29) is 11.7 Å². The monoisotopic (exact) mass is 221 g/mol. The third-order valence-electron chi connectivity index (χ3n) is 2.52. The Morgan fingerprint density at radius 3 is 2.81 bits per heavy atom. The number of carbonyl (C=O) groups excluding carboxylic acids is 1. The molecule has 0 aliphatic rings. The summed E-state index contributed by atoms with van der Waals surface area (Å²) in [6.45, 7) is 4.72. The van der Waals surface area contributed by atoms with Crippen LogP contribution in [-0.2, 0) is 11.2 Å². The lowest BCUT2D eigenvalue weighted by atomic mass is 10.0. The molecule has 0 unspecified atom stereocenters.